The quantitative estimate of drug-likeness (QED) is 0.221. The molecule has 0 spiro atoms. The Morgan fingerprint density at radius 1 is 0.923 bits per heavy atom. The summed E-state index contributed by atoms with van der Waals surface area (Å²) in [6.45, 7) is 5.04. The second-order valence-corrected chi connectivity index (χ2v) is 13.4. The monoisotopic (exact) mass is 716 g/mol. The van der Waals surface area contributed by atoms with Gasteiger partial charge in [0.05, 0.1) is 23.8 Å². The van der Waals surface area contributed by atoms with E-state index in [4.69, 9.17) is 0 Å². The van der Waals surface area contributed by atoms with Crippen LogP contribution in [0, 0.1) is 5.92 Å². The van der Waals surface area contributed by atoms with Crippen molar-refractivity contribution in [1.82, 2.24) is 41.0 Å². The number of hydrogen-bond donors (Lipinski definition) is 5. The van der Waals surface area contributed by atoms with Crippen LogP contribution in [0.2, 0.25) is 0 Å². The zero-order chi connectivity index (χ0) is 37.8. The van der Waals surface area contributed by atoms with Crippen LogP contribution < -0.4 is 32.1 Å². The molecule has 52 heavy (non-hydrogen) atoms. The molecule has 0 radical (unpaired) electrons. The van der Waals surface area contributed by atoms with Gasteiger partial charge in [0.2, 0.25) is 35.4 Å². The maximum atomic E-state index is 13.6. The van der Waals surface area contributed by atoms with Gasteiger partial charge in [-0.3, -0.25) is 38.1 Å². The van der Waals surface area contributed by atoms with Crippen molar-refractivity contribution in [2.24, 2.45) is 5.92 Å². The molecule has 0 unspecified atom stereocenters. The first kappa shape index (κ1) is 39.2. The Morgan fingerprint density at radius 2 is 1.63 bits per heavy atom. The molecule has 0 aliphatic carbocycles. The number of benzene rings is 2. The van der Waals surface area contributed by atoms with Crippen LogP contribution in [-0.4, -0.2) is 94.2 Å². The number of aromatic nitrogens is 2. The van der Waals surface area contributed by atoms with E-state index in [9.17, 15) is 33.6 Å². The fraction of sp³-hybridized carbons (Fsp3) is 0.459. The first-order valence-corrected chi connectivity index (χ1v) is 17.5. The molecular weight excluding hydrogens is 668 g/mol. The van der Waals surface area contributed by atoms with Gasteiger partial charge in [0.15, 0.2) is 0 Å². The molecule has 6 amide bonds. The van der Waals surface area contributed by atoms with Crippen LogP contribution in [0.25, 0.3) is 10.9 Å². The maximum Gasteiger partial charge on any atom is 0.261 e. The second-order valence-electron chi connectivity index (χ2n) is 13.4. The van der Waals surface area contributed by atoms with Gasteiger partial charge in [0, 0.05) is 33.0 Å². The topological polar surface area (TPSA) is 201 Å². The second kappa shape index (κ2) is 18.6. The fourth-order valence-electron chi connectivity index (χ4n) is 5.86. The minimum Gasteiger partial charge on any atom is -0.355 e. The third-order valence-corrected chi connectivity index (χ3v) is 8.83. The molecule has 5 N–H and O–H groups in total. The summed E-state index contributed by atoms with van der Waals surface area (Å²) >= 11 is 0. The number of nitrogens with one attached hydrogen (secondary N) is 5. The lowest BCUT2D eigenvalue weighted by Gasteiger charge is -2.28. The number of carbonyl (C=O) groups excluding carboxylic acids is 6. The number of rotatable bonds is 8. The Bertz CT molecular complexity index is 1810. The van der Waals surface area contributed by atoms with Crippen molar-refractivity contribution in [2.75, 3.05) is 20.1 Å². The molecule has 0 bridgehead atoms. The van der Waals surface area contributed by atoms with E-state index in [1.54, 1.807) is 38.1 Å². The number of carbonyl (C=O) groups is 6. The van der Waals surface area contributed by atoms with Crippen molar-refractivity contribution < 1.29 is 28.8 Å². The molecule has 1 aliphatic heterocycles. The largest absolute Gasteiger partial charge is 0.355 e. The van der Waals surface area contributed by atoms with Gasteiger partial charge < -0.3 is 31.5 Å². The SMILES string of the molecule is CC(C)[C@H]1NC(=O)[C@@H](NC(=O)CCCn2cnc3ccccc3c2=O)CCCNC(=O)CN(C)C(=O)[C@H](Cc2ccccc2)NC(=O)[C@@H](C)NC1=O. The van der Waals surface area contributed by atoms with Gasteiger partial charge in [-0.05, 0) is 49.8 Å². The molecule has 0 saturated carbocycles. The number of aryl methyl sites for hydroxylation is 1. The number of amides is 6. The van der Waals surface area contributed by atoms with Gasteiger partial charge in [-0.25, -0.2) is 4.98 Å². The molecule has 15 heteroatoms. The summed E-state index contributed by atoms with van der Waals surface area (Å²) in [6, 6.07) is 11.9. The molecular formula is C37H48N8O7. The lowest BCUT2D eigenvalue weighted by atomic mass is 10.0. The molecule has 1 fully saturated rings. The number of nitrogens with zero attached hydrogens (tertiary/aromatic N) is 3. The normalized spacial score (nSPS) is 21.4. The van der Waals surface area contributed by atoms with Gasteiger partial charge in [0.25, 0.3) is 5.56 Å². The highest BCUT2D eigenvalue weighted by atomic mass is 16.2. The van der Waals surface area contributed by atoms with E-state index >= 15 is 0 Å². The summed E-state index contributed by atoms with van der Waals surface area (Å²) in [6.07, 6.45) is 2.33. The molecule has 1 saturated heterocycles. The fourth-order valence-corrected chi connectivity index (χ4v) is 5.86. The average molecular weight is 717 g/mol. The van der Waals surface area contributed by atoms with Crippen LogP contribution in [0.15, 0.2) is 65.7 Å². The minimum absolute atomic E-state index is 0.00609. The molecule has 3 aromatic rings. The summed E-state index contributed by atoms with van der Waals surface area (Å²) in [5.74, 6) is -3.58. The van der Waals surface area contributed by atoms with E-state index in [0.29, 0.717) is 23.7 Å². The third kappa shape index (κ3) is 10.9. The Kier molecular flexibility index (Phi) is 14.0. The van der Waals surface area contributed by atoms with Crippen LogP contribution in [0.3, 0.4) is 0 Å². The Labute approximate surface area is 302 Å². The van der Waals surface area contributed by atoms with Crippen molar-refractivity contribution in [3.63, 3.8) is 0 Å². The first-order chi connectivity index (χ1) is 24.8. The van der Waals surface area contributed by atoms with Gasteiger partial charge in [-0.2, -0.15) is 0 Å². The summed E-state index contributed by atoms with van der Waals surface area (Å²) in [7, 11) is 1.46. The van der Waals surface area contributed by atoms with Crippen molar-refractivity contribution in [2.45, 2.75) is 83.6 Å². The predicted molar refractivity (Wildman–Crippen MR) is 193 cm³/mol. The summed E-state index contributed by atoms with van der Waals surface area (Å²) in [5.41, 5.74) is 1.15. The van der Waals surface area contributed by atoms with Crippen LogP contribution in [-0.2, 0) is 41.7 Å². The molecule has 4 rings (SSSR count). The average Bonchev–Trinajstić information content (AvgIpc) is 3.11. The van der Waals surface area contributed by atoms with E-state index in [0.717, 1.165) is 5.56 Å². The third-order valence-electron chi connectivity index (χ3n) is 8.83. The molecule has 2 aromatic carbocycles. The van der Waals surface area contributed by atoms with Crippen molar-refractivity contribution in [3.05, 3.63) is 76.8 Å². The summed E-state index contributed by atoms with van der Waals surface area (Å²) in [4.78, 5) is 98.1. The Morgan fingerprint density at radius 3 is 2.37 bits per heavy atom. The lowest BCUT2D eigenvalue weighted by Crippen LogP contribution is -2.59. The van der Waals surface area contributed by atoms with Gasteiger partial charge in [-0.1, -0.05) is 56.3 Å². The van der Waals surface area contributed by atoms with Crippen molar-refractivity contribution in [1.29, 1.82) is 0 Å². The van der Waals surface area contributed by atoms with E-state index in [1.807, 2.05) is 30.3 Å². The zero-order valence-electron chi connectivity index (χ0n) is 30.0. The zero-order valence-corrected chi connectivity index (χ0v) is 30.0. The number of fused-ring (bicyclic) bond motifs is 1. The van der Waals surface area contributed by atoms with Crippen molar-refractivity contribution in [3.8, 4) is 0 Å². The van der Waals surface area contributed by atoms with E-state index in [2.05, 4.69) is 31.6 Å². The van der Waals surface area contributed by atoms with Crippen LogP contribution in [0.4, 0.5) is 0 Å². The Hall–Kier alpha value is -5.60. The van der Waals surface area contributed by atoms with E-state index in [-0.39, 0.29) is 44.5 Å². The molecule has 15 nitrogen and oxygen atoms in total. The molecule has 1 aromatic heterocycles. The first-order valence-electron chi connectivity index (χ1n) is 17.5. The van der Waals surface area contributed by atoms with Gasteiger partial charge >= 0.3 is 0 Å². The number of likely N-dealkylation sites (N-methyl/N-ethyl adjacent to an activating group) is 1. The molecule has 2 heterocycles. The van der Waals surface area contributed by atoms with Crippen LogP contribution in [0.1, 0.15) is 52.0 Å². The van der Waals surface area contributed by atoms with Crippen LogP contribution in [0.5, 0.6) is 0 Å². The number of hydrogen-bond acceptors (Lipinski definition) is 8. The highest BCUT2D eigenvalue weighted by Gasteiger charge is 2.32. The molecule has 4 atom stereocenters. The lowest BCUT2D eigenvalue weighted by molar-refractivity contribution is -0.139. The Balaban J connectivity index is 1.46. The smallest absolute Gasteiger partial charge is 0.261 e. The van der Waals surface area contributed by atoms with Crippen LogP contribution >= 0.6 is 0 Å². The minimum atomic E-state index is -1.08. The van der Waals surface area contributed by atoms with Gasteiger partial charge in [0.1, 0.15) is 24.2 Å². The summed E-state index contributed by atoms with van der Waals surface area (Å²) < 4.78 is 1.43. The number of para-hydroxylation sites is 1. The molecule has 1 aliphatic rings. The van der Waals surface area contributed by atoms with Crippen molar-refractivity contribution >= 4 is 46.3 Å². The van der Waals surface area contributed by atoms with E-state index < -0.39 is 65.5 Å². The highest BCUT2D eigenvalue weighted by Crippen LogP contribution is 2.10. The molecule has 278 valence electrons. The van der Waals surface area contributed by atoms with Gasteiger partial charge in [-0.15, -0.1) is 0 Å². The predicted octanol–water partition coefficient (Wildman–Crippen LogP) is 0.403. The maximum absolute atomic E-state index is 13.6. The summed E-state index contributed by atoms with van der Waals surface area (Å²) in [5, 5.41) is 14.1. The van der Waals surface area contributed by atoms with E-state index in [1.165, 1.54) is 29.8 Å². The highest BCUT2D eigenvalue weighted by molar-refractivity contribution is 5.96. The standard InChI is InChI=1S/C37H48N8O7/c1-23(2)32-35(50)40-24(3)33(48)42-29(20-25-12-6-5-7-13-25)37(52)44(4)21-31(47)38-18-10-16-28(34(49)43-32)41-30(46)17-11-19-45-22-39-27-15-9-8-14-26(27)36(45)51/h5-9,12-15,22-24,28-29,32H,10-11,16-21H2,1-4H3,(H,38,47)(H,40,50)(H,41,46)(H,42,48)(H,43,49)/t24-,28+,29+,32-/m1/s1.